The van der Waals surface area contributed by atoms with E-state index in [0.29, 0.717) is 11.6 Å². The number of halogens is 1. The first-order valence-electron chi connectivity index (χ1n) is 5.05. The van der Waals surface area contributed by atoms with Crippen LogP contribution in [0.25, 0.3) is 0 Å². The third-order valence-corrected chi connectivity index (χ3v) is 3.14. The van der Waals surface area contributed by atoms with Crippen LogP contribution >= 0.6 is 11.6 Å². The van der Waals surface area contributed by atoms with Gasteiger partial charge in [-0.1, -0.05) is 11.6 Å². The quantitative estimate of drug-likeness (QED) is 0.894. The molecular weight excluding hydrogens is 226 g/mol. The van der Waals surface area contributed by atoms with Crippen LogP contribution in [0.3, 0.4) is 0 Å². The van der Waals surface area contributed by atoms with Gasteiger partial charge in [-0.05, 0) is 19.4 Å². The number of nitrogens with zero attached hydrogens (tertiary/aromatic N) is 2. The van der Waals surface area contributed by atoms with Crippen LogP contribution in [0.4, 0.5) is 0 Å². The Labute approximate surface area is 99.0 Å². The molecule has 0 radical (unpaired) electrons. The number of hydrogen-bond donors (Lipinski definition) is 1. The fourth-order valence-corrected chi connectivity index (χ4v) is 1.98. The van der Waals surface area contributed by atoms with Gasteiger partial charge < -0.3 is 10.2 Å². The molecule has 0 aliphatic rings. The number of rotatable bonds is 3. The molecule has 2 aromatic rings. The van der Waals surface area contributed by atoms with Gasteiger partial charge in [0.1, 0.15) is 5.15 Å². The fourth-order valence-electron chi connectivity index (χ4n) is 1.73. The molecule has 16 heavy (non-hydrogen) atoms. The Balaban J connectivity index is 2.21. The van der Waals surface area contributed by atoms with Crippen molar-refractivity contribution in [3.63, 3.8) is 0 Å². The van der Waals surface area contributed by atoms with Gasteiger partial charge in [0, 0.05) is 24.2 Å². The molecule has 2 rings (SSSR count). The molecule has 0 amide bonds. The molecule has 2 N–H and O–H groups in total. The van der Waals surface area contributed by atoms with E-state index >= 15 is 0 Å². The highest BCUT2D eigenvalue weighted by atomic mass is 35.5. The largest absolute Gasteiger partial charge is 0.472 e. The van der Waals surface area contributed by atoms with Crippen LogP contribution in [0.1, 0.15) is 22.9 Å². The normalized spacial score (nSPS) is 13.0. The van der Waals surface area contributed by atoms with Gasteiger partial charge in [-0.3, -0.25) is 4.68 Å². The summed E-state index contributed by atoms with van der Waals surface area (Å²) in [6.07, 6.45) is 3.94. The standard InChI is InChI=1S/C11H14ClN3O/c1-7-9(11(12)15(2)14-7)5-10(13)8-3-4-16-6-8/h3-4,6,10H,5,13H2,1-2H3. The highest BCUT2D eigenvalue weighted by molar-refractivity contribution is 6.30. The zero-order valence-corrected chi connectivity index (χ0v) is 10.0. The first-order valence-corrected chi connectivity index (χ1v) is 5.43. The number of aromatic nitrogens is 2. The second-order valence-corrected chi connectivity index (χ2v) is 4.20. The monoisotopic (exact) mass is 239 g/mol. The van der Waals surface area contributed by atoms with E-state index in [1.165, 1.54) is 0 Å². The first-order chi connectivity index (χ1) is 7.59. The summed E-state index contributed by atoms with van der Waals surface area (Å²) in [6.45, 7) is 1.93. The summed E-state index contributed by atoms with van der Waals surface area (Å²) in [5, 5.41) is 4.90. The molecule has 5 heteroatoms. The minimum atomic E-state index is -0.112. The first kappa shape index (κ1) is 11.2. The van der Waals surface area contributed by atoms with E-state index in [9.17, 15) is 0 Å². The minimum absolute atomic E-state index is 0.112. The van der Waals surface area contributed by atoms with E-state index in [1.54, 1.807) is 17.2 Å². The molecule has 0 saturated heterocycles. The average molecular weight is 240 g/mol. The van der Waals surface area contributed by atoms with E-state index < -0.39 is 0 Å². The highest BCUT2D eigenvalue weighted by Crippen LogP contribution is 2.24. The lowest BCUT2D eigenvalue weighted by molar-refractivity contribution is 0.558. The second kappa shape index (κ2) is 4.31. The summed E-state index contributed by atoms with van der Waals surface area (Å²) in [5.41, 5.74) is 8.96. The van der Waals surface area contributed by atoms with E-state index in [4.69, 9.17) is 21.8 Å². The summed E-state index contributed by atoms with van der Waals surface area (Å²) in [4.78, 5) is 0. The van der Waals surface area contributed by atoms with Crippen molar-refractivity contribution >= 4 is 11.6 Å². The predicted molar refractivity (Wildman–Crippen MR) is 62.3 cm³/mol. The van der Waals surface area contributed by atoms with Gasteiger partial charge >= 0.3 is 0 Å². The summed E-state index contributed by atoms with van der Waals surface area (Å²) < 4.78 is 6.67. The Kier molecular flexibility index (Phi) is 3.03. The summed E-state index contributed by atoms with van der Waals surface area (Å²) in [5.74, 6) is 0. The Morgan fingerprint density at radius 2 is 2.38 bits per heavy atom. The Morgan fingerprint density at radius 1 is 1.62 bits per heavy atom. The van der Waals surface area contributed by atoms with Crippen molar-refractivity contribution in [1.29, 1.82) is 0 Å². The molecule has 0 aliphatic heterocycles. The highest BCUT2D eigenvalue weighted by Gasteiger charge is 2.16. The van der Waals surface area contributed by atoms with E-state index in [-0.39, 0.29) is 6.04 Å². The van der Waals surface area contributed by atoms with Crippen molar-refractivity contribution in [3.05, 3.63) is 40.6 Å². The number of hydrogen-bond acceptors (Lipinski definition) is 3. The van der Waals surface area contributed by atoms with Crippen LogP contribution in [0.15, 0.2) is 23.0 Å². The maximum atomic E-state index is 6.14. The van der Waals surface area contributed by atoms with Crippen LogP contribution in [0.2, 0.25) is 5.15 Å². The van der Waals surface area contributed by atoms with Crippen molar-refractivity contribution in [2.75, 3.05) is 0 Å². The lowest BCUT2D eigenvalue weighted by Crippen LogP contribution is -2.13. The van der Waals surface area contributed by atoms with Crippen molar-refractivity contribution < 1.29 is 4.42 Å². The van der Waals surface area contributed by atoms with E-state index in [0.717, 1.165) is 16.8 Å². The van der Waals surface area contributed by atoms with Crippen LogP contribution in [-0.2, 0) is 13.5 Å². The van der Waals surface area contributed by atoms with Crippen LogP contribution in [0.5, 0.6) is 0 Å². The third kappa shape index (κ3) is 1.99. The molecule has 0 fully saturated rings. The molecule has 0 aliphatic carbocycles. The SMILES string of the molecule is Cc1nn(C)c(Cl)c1CC(N)c1ccoc1. The number of furan rings is 1. The van der Waals surface area contributed by atoms with Crippen molar-refractivity contribution in [2.45, 2.75) is 19.4 Å². The van der Waals surface area contributed by atoms with Crippen molar-refractivity contribution in [1.82, 2.24) is 9.78 Å². The Hall–Kier alpha value is -1.26. The average Bonchev–Trinajstić information content (AvgIpc) is 2.83. The maximum absolute atomic E-state index is 6.14. The van der Waals surface area contributed by atoms with Crippen molar-refractivity contribution in [2.24, 2.45) is 12.8 Å². The maximum Gasteiger partial charge on any atom is 0.130 e. The smallest absolute Gasteiger partial charge is 0.130 e. The summed E-state index contributed by atoms with van der Waals surface area (Å²) >= 11 is 6.14. The molecule has 1 unspecified atom stereocenters. The molecule has 4 nitrogen and oxygen atoms in total. The topological polar surface area (TPSA) is 57.0 Å². The van der Waals surface area contributed by atoms with Gasteiger partial charge in [-0.25, -0.2) is 0 Å². The lowest BCUT2D eigenvalue weighted by Gasteiger charge is -2.08. The molecule has 0 bridgehead atoms. The predicted octanol–water partition coefficient (Wildman–Crippen LogP) is 2.22. The summed E-state index contributed by atoms with van der Waals surface area (Å²) in [7, 11) is 1.82. The molecule has 2 heterocycles. The number of nitrogens with two attached hydrogens (primary N) is 1. The number of aryl methyl sites for hydroxylation is 2. The zero-order valence-electron chi connectivity index (χ0n) is 9.27. The van der Waals surface area contributed by atoms with Gasteiger partial charge in [0.05, 0.1) is 18.2 Å². The molecule has 0 saturated carbocycles. The van der Waals surface area contributed by atoms with E-state index in [2.05, 4.69) is 5.10 Å². The van der Waals surface area contributed by atoms with Gasteiger partial charge in [0.15, 0.2) is 0 Å². The van der Waals surface area contributed by atoms with Gasteiger partial charge in [-0.2, -0.15) is 5.10 Å². The van der Waals surface area contributed by atoms with Crippen LogP contribution < -0.4 is 5.73 Å². The van der Waals surface area contributed by atoms with Crippen LogP contribution in [0, 0.1) is 6.92 Å². The molecule has 2 aromatic heterocycles. The van der Waals surface area contributed by atoms with Crippen molar-refractivity contribution in [3.8, 4) is 0 Å². The van der Waals surface area contributed by atoms with Gasteiger partial charge in [-0.15, -0.1) is 0 Å². The molecule has 1 atom stereocenters. The van der Waals surface area contributed by atoms with Crippen LogP contribution in [-0.4, -0.2) is 9.78 Å². The fraction of sp³-hybridized carbons (Fsp3) is 0.364. The molecule has 0 spiro atoms. The summed E-state index contributed by atoms with van der Waals surface area (Å²) in [6, 6.07) is 1.75. The Morgan fingerprint density at radius 3 is 2.88 bits per heavy atom. The second-order valence-electron chi connectivity index (χ2n) is 3.85. The minimum Gasteiger partial charge on any atom is -0.472 e. The molecule has 0 aromatic carbocycles. The zero-order chi connectivity index (χ0) is 11.7. The Bertz CT molecular complexity index is 476. The lowest BCUT2D eigenvalue weighted by atomic mass is 10.0. The molecular formula is C11H14ClN3O. The van der Waals surface area contributed by atoms with Gasteiger partial charge in [0.2, 0.25) is 0 Å². The van der Waals surface area contributed by atoms with Gasteiger partial charge in [0.25, 0.3) is 0 Å². The van der Waals surface area contributed by atoms with E-state index in [1.807, 2.05) is 20.0 Å². The molecule has 86 valence electrons. The third-order valence-electron chi connectivity index (χ3n) is 2.67.